The van der Waals surface area contributed by atoms with Gasteiger partial charge in [0.1, 0.15) is 12.4 Å². The van der Waals surface area contributed by atoms with Gasteiger partial charge in [0.15, 0.2) is 5.78 Å². The van der Waals surface area contributed by atoms with Crippen molar-refractivity contribution in [1.29, 1.82) is 0 Å². The zero-order valence-corrected chi connectivity index (χ0v) is 18.4. The van der Waals surface area contributed by atoms with E-state index in [2.05, 4.69) is 5.32 Å². The molecule has 0 bridgehead atoms. The molecule has 0 saturated heterocycles. The molecule has 158 valence electrons. The Morgan fingerprint density at radius 2 is 1.74 bits per heavy atom. The molecule has 4 rings (SSSR count). The minimum Gasteiger partial charge on any atom is -0.487 e. The monoisotopic (exact) mass is 433 g/mol. The number of para-hydroxylation sites is 1. The molecule has 6 heteroatoms. The lowest BCUT2D eigenvalue weighted by Gasteiger charge is -2.31. The summed E-state index contributed by atoms with van der Waals surface area (Å²) in [5.41, 5.74) is 3.19. The molecule has 0 spiro atoms. The van der Waals surface area contributed by atoms with Gasteiger partial charge >= 0.3 is 5.97 Å². The first-order valence-electron chi connectivity index (χ1n) is 9.95. The summed E-state index contributed by atoms with van der Waals surface area (Å²) in [5, 5.41) is 6.29. The number of Topliss-reactive ketones (excluding diaryl/α,β-unsaturated/α-hetero) is 1. The van der Waals surface area contributed by atoms with Gasteiger partial charge in [-0.05, 0) is 48.4 Å². The first kappa shape index (κ1) is 20.9. The summed E-state index contributed by atoms with van der Waals surface area (Å²) in [6, 6.07) is 17.4. The van der Waals surface area contributed by atoms with Crippen LogP contribution in [-0.2, 0) is 14.3 Å². The second kappa shape index (κ2) is 8.78. The number of carbonyl (C=O) groups is 2. The number of nitrogens with one attached hydrogen (secondary N) is 1. The SMILES string of the molecule is COC(=O)C1=C(COc2ccccc2)NC(C)=C(C(C)=O)C1c1csc2ccccc12. The third-order valence-electron chi connectivity index (χ3n) is 5.38. The molecule has 3 aromatic rings. The molecule has 2 aromatic carbocycles. The van der Waals surface area contributed by atoms with E-state index in [1.54, 1.807) is 11.3 Å². The molecule has 1 aromatic heterocycles. The van der Waals surface area contributed by atoms with Gasteiger partial charge in [0.05, 0.1) is 18.4 Å². The number of hydrogen-bond acceptors (Lipinski definition) is 6. The Labute approximate surface area is 185 Å². The average Bonchev–Trinajstić information content (AvgIpc) is 3.21. The predicted molar refractivity (Wildman–Crippen MR) is 122 cm³/mol. The van der Waals surface area contributed by atoms with Gasteiger partial charge in [-0.3, -0.25) is 4.79 Å². The highest BCUT2D eigenvalue weighted by atomic mass is 32.1. The van der Waals surface area contributed by atoms with Gasteiger partial charge in [-0.15, -0.1) is 11.3 Å². The molecule has 2 heterocycles. The standard InChI is InChI=1S/C25H23NO4S/c1-15-22(16(2)27)23(19-14-31-21-12-8-7-11-18(19)21)24(25(28)29-3)20(26-15)13-30-17-9-5-4-6-10-17/h4-12,14,23,26H,13H2,1-3H3. The molecule has 1 aliphatic rings. The van der Waals surface area contributed by atoms with Crippen molar-refractivity contribution in [3.8, 4) is 5.75 Å². The molecule has 31 heavy (non-hydrogen) atoms. The lowest BCUT2D eigenvalue weighted by molar-refractivity contribution is -0.136. The van der Waals surface area contributed by atoms with Crippen molar-refractivity contribution in [3.63, 3.8) is 0 Å². The molecule has 0 amide bonds. The van der Waals surface area contributed by atoms with Crippen LogP contribution in [0.25, 0.3) is 10.1 Å². The summed E-state index contributed by atoms with van der Waals surface area (Å²) in [5.74, 6) is -0.408. The quantitative estimate of drug-likeness (QED) is 0.557. The van der Waals surface area contributed by atoms with Gasteiger partial charge in [0.25, 0.3) is 0 Å². The van der Waals surface area contributed by atoms with Crippen LogP contribution in [0.1, 0.15) is 25.3 Å². The zero-order valence-electron chi connectivity index (χ0n) is 17.6. The number of allylic oxidation sites excluding steroid dienone is 2. The third kappa shape index (κ3) is 3.99. The van der Waals surface area contributed by atoms with E-state index < -0.39 is 11.9 Å². The van der Waals surface area contributed by atoms with Gasteiger partial charge in [-0.25, -0.2) is 4.79 Å². The Balaban J connectivity index is 1.86. The Morgan fingerprint density at radius 3 is 2.45 bits per heavy atom. The number of ketones is 1. The van der Waals surface area contributed by atoms with Crippen molar-refractivity contribution in [2.24, 2.45) is 0 Å². The fourth-order valence-corrected chi connectivity index (χ4v) is 5.02. The van der Waals surface area contributed by atoms with E-state index in [1.807, 2.05) is 66.9 Å². The van der Waals surface area contributed by atoms with E-state index in [4.69, 9.17) is 9.47 Å². The molecule has 0 saturated carbocycles. The van der Waals surface area contributed by atoms with Gasteiger partial charge in [-0.2, -0.15) is 0 Å². The first-order valence-corrected chi connectivity index (χ1v) is 10.8. The lowest BCUT2D eigenvalue weighted by atomic mass is 9.79. The second-order valence-electron chi connectivity index (χ2n) is 7.33. The predicted octanol–water partition coefficient (Wildman–Crippen LogP) is 4.96. The highest BCUT2D eigenvalue weighted by Crippen LogP contribution is 2.43. The molecule has 1 unspecified atom stereocenters. The molecule has 5 nitrogen and oxygen atoms in total. The highest BCUT2D eigenvalue weighted by Gasteiger charge is 2.38. The number of esters is 1. The number of hydrogen-bond donors (Lipinski definition) is 1. The number of benzene rings is 2. The summed E-state index contributed by atoms with van der Waals surface area (Å²) in [6.07, 6.45) is 0. The Bertz CT molecular complexity index is 1210. The average molecular weight is 434 g/mol. The normalized spacial score (nSPS) is 16.3. The molecule has 1 N–H and O–H groups in total. The van der Waals surface area contributed by atoms with E-state index in [0.29, 0.717) is 28.3 Å². The number of dihydropyridines is 1. The van der Waals surface area contributed by atoms with Gasteiger partial charge in [0, 0.05) is 21.9 Å². The topological polar surface area (TPSA) is 64.6 Å². The largest absolute Gasteiger partial charge is 0.487 e. The van der Waals surface area contributed by atoms with Crippen molar-refractivity contribution < 1.29 is 19.1 Å². The number of methoxy groups -OCH3 is 1. The van der Waals surface area contributed by atoms with Crippen LogP contribution in [-0.4, -0.2) is 25.5 Å². The Kier molecular flexibility index (Phi) is 5.91. The van der Waals surface area contributed by atoms with Crippen LogP contribution in [0, 0.1) is 0 Å². The van der Waals surface area contributed by atoms with Crippen LogP contribution < -0.4 is 10.1 Å². The Morgan fingerprint density at radius 1 is 1.03 bits per heavy atom. The second-order valence-corrected chi connectivity index (χ2v) is 8.24. The number of carbonyl (C=O) groups excluding carboxylic acids is 2. The molecular formula is C25H23NO4S. The van der Waals surface area contributed by atoms with E-state index >= 15 is 0 Å². The molecular weight excluding hydrogens is 410 g/mol. The highest BCUT2D eigenvalue weighted by molar-refractivity contribution is 7.17. The number of thiophene rings is 1. The summed E-state index contributed by atoms with van der Waals surface area (Å²) in [6.45, 7) is 3.53. The zero-order chi connectivity index (χ0) is 22.0. The maximum atomic E-state index is 13.0. The third-order valence-corrected chi connectivity index (χ3v) is 6.36. The molecule has 0 aliphatic carbocycles. The molecule has 1 aliphatic heterocycles. The van der Waals surface area contributed by atoms with E-state index in [1.165, 1.54) is 14.0 Å². The maximum Gasteiger partial charge on any atom is 0.336 e. The van der Waals surface area contributed by atoms with E-state index in [0.717, 1.165) is 15.6 Å². The maximum absolute atomic E-state index is 13.0. The number of fused-ring (bicyclic) bond motifs is 1. The summed E-state index contributed by atoms with van der Waals surface area (Å²) in [4.78, 5) is 25.7. The summed E-state index contributed by atoms with van der Waals surface area (Å²) >= 11 is 1.60. The van der Waals surface area contributed by atoms with Crippen molar-refractivity contribution >= 4 is 33.2 Å². The summed E-state index contributed by atoms with van der Waals surface area (Å²) < 4.78 is 12.2. The number of rotatable bonds is 6. The summed E-state index contributed by atoms with van der Waals surface area (Å²) in [7, 11) is 1.35. The van der Waals surface area contributed by atoms with Crippen molar-refractivity contribution in [2.45, 2.75) is 19.8 Å². The van der Waals surface area contributed by atoms with Gasteiger partial charge in [-0.1, -0.05) is 36.4 Å². The van der Waals surface area contributed by atoms with Crippen LogP contribution in [0.3, 0.4) is 0 Å². The lowest BCUT2D eigenvalue weighted by Crippen LogP contribution is -2.34. The fraction of sp³-hybridized carbons (Fsp3) is 0.200. The molecule has 0 fully saturated rings. The smallest absolute Gasteiger partial charge is 0.336 e. The molecule has 1 atom stereocenters. The minimum absolute atomic E-state index is 0.0882. The van der Waals surface area contributed by atoms with Gasteiger partial charge in [0.2, 0.25) is 0 Å². The van der Waals surface area contributed by atoms with Crippen LogP contribution in [0.2, 0.25) is 0 Å². The van der Waals surface area contributed by atoms with Crippen LogP contribution in [0.4, 0.5) is 0 Å². The Hall–Kier alpha value is -3.38. The van der Waals surface area contributed by atoms with Crippen molar-refractivity contribution in [1.82, 2.24) is 5.32 Å². The van der Waals surface area contributed by atoms with Crippen LogP contribution >= 0.6 is 11.3 Å². The van der Waals surface area contributed by atoms with E-state index in [9.17, 15) is 9.59 Å². The van der Waals surface area contributed by atoms with Crippen LogP contribution in [0.15, 0.2) is 82.5 Å². The first-order chi connectivity index (χ1) is 15.0. The number of ether oxygens (including phenoxy) is 2. The van der Waals surface area contributed by atoms with Gasteiger partial charge < -0.3 is 14.8 Å². The van der Waals surface area contributed by atoms with E-state index in [-0.39, 0.29) is 12.4 Å². The van der Waals surface area contributed by atoms with Crippen molar-refractivity contribution in [2.75, 3.05) is 13.7 Å². The van der Waals surface area contributed by atoms with Crippen molar-refractivity contribution in [3.05, 3.63) is 88.1 Å². The van der Waals surface area contributed by atoms with Crippen LogP contribution in [0.5, 0.6) is 5.75 Å². The minimum atomic E-state index is -0.531. The fourth-order valence-electron chi connectivity index (χ4n) is 4.03. The molecule has 0 radical (unpaired) electrons.